The minimum Gasteiger partial charge on any atom is -0.378 e. The monoisotopic (exact) mass is 370 g/mol. The highest BCUT2D eigenvalue weighted by Crippen LogP contribution is 2.53. The van der Waals surface area contributed by atoms with Gasteiger partial charge in [-0.3, -0.25) is 0 Å². The summed E-state index contributed by atoms with van der Waals surface area (Å²) in [7, 11) is 0.845. The molecule has 2 bridgehead atoms. The van der Waals surface area contributed by atoms with Gasteiger partial charge in [0.15, 0.2) is 0 Å². The fourth-order valence-electron chi connectivity index (χ4n) is 3.82. The summed E-state index contributed by atoms with van der Waals surface area (Å²) in [5, 5.41) is 8.85. The molecule has 2 aliphatic heterocycles. The second kappa shape index (κ2) is 9.13. The first-order chi connectivity index (χ1) is 11.9. The van der Waals surface area contributed by atoms with Gasteiger partial charge >= 0.3 is 0 Å². The summed E-state index contributed by atoms with van der Waals surface area (Å²) in [5.41, 5.74) is -0.388. The van der Waals surface area contributed by atoms with E-state index in [1.807, 2.05) is 0 Å². The number of hydrogen-bond acceptors (Lipinski definition) is 6. The van der Waals surface area contributed by atoms with Crippen molar-refractivity contribution < 1.29 is 18.5 Å². The Morgan fingerprint density at radius 1 is 1.36 bits per heavy atom. The van der Waals surface area contributed by atoms with Gasteiger partial charge in [-0.2, -0.15) is 5.26 Å². The third kappa shape index (κ3) is 4.55. The Morgan fingerprint density at radius 3 is 2.60 bits per heavy atom. The lowest BCUT2D eigenvalue weighted by molar-refractivity contribution is -0.128. The molecule has 25 heavy (non-hydrogen) atoms. The van der Waals surface area contributed by atoms with E-state index in [1.165, 1.54) is 0 Å². The van der Waals surface area contributed by atoms with Gasteiger partial charge in [0.25, 0.3) is 8.53 Å². The third-order valence-corrected chi connectivity index (χ3v) is 7.16. The van der Waals surface area contributed by atoms with Crippen molar-refractivity contribution in [1.29, 1.82) is 5.26 Å². The molecular weight excluding hydrogens is 338 g/mol. The lowest BCUT2D eigenvalue weighted by Gasteiger charge is -2.43. The molecule has 0 radical (unpaired) electrons. The Hall–Kier alpha value is -0.215. The second-order valence-corrected chi connectivity index (χ2v) is 8.90. The third-order valence-electron chi connectivity index (χ3n) is 5.05. The molecule has 2 rings (SSSR count). The van der Waals surface area contributed by atoms with Crippen LogP contribution in [0.2, 0.25) is 0 Å². The molecule has 8 heteroatoms. The number of ether oxygens (including phenoxy) is 2. The van der Waals surface area contributed by atoms with Crippen LogP contribution in [0, 0.1) is 17.2 Å². The minimum absolute atomic E-state index is 0.0329. The summed E-state index contributed by atoms with van der Waals surface area (Å²) < 4.78 is 27.1. The highest BCUT2D eigenvalue weighted by Gasteiger charge is 2.57. The standard InChI is InChI=1S/C17H32BN2O4P/c1-6-17-11-21-10-14(16(18)23-17)15(17)24-25(22-9-7-8-19)20(12(2)3)13(4)5/h12-16H,6-7,9-11,18H2,1-5H3/t14-,15?,16+,17-,25?/m0/s1. The average Bonchev–Trinajstić information content (AvgIpc) is 2.69. The molecule has 0 amide bonds. The first kappa shape index (κ1) is 21.1. The Morgan fingerprint density at radius 2 is 2.04 bits per heavy atom. The number of nitriles is 1. The molecule has 2 heterocycles. The lowest BCUT2D eigenvalue weighted by atomic mass is 9.80. The number of hydrogen-bond donors (Lipinski definition) is 0. The first-order valence-electron chi connectivity index (χ1n) is 9.36. The second-order valence-electron chi connectivity index (χ2n) is 7.49. The Labute approximate surface area is 154 Å². The summed E-state index contributed by atoms with van der Waals surface area (Å²) in [6, 6.07) is 2.85. The minimum atomic E-state index is -1.26. The van der Waals surface area contributed by atoms with Crippen LogP contribution in [0.25, 0.3) is 0 Å². The van der Waals surface area contributed by atoms with Crippen LogP contribution in [-0.4, -0.2) is 62.1 Å². The summed E-state index contributed by atoms with van der Waals surface area (Å²) in [6.07, 6.45) is 1.19. The molecule has 0 aromatic heterocycles. The van der Waals surface area contributed by atoms with Crippen molar-refractivity contribution in [3.8, 4) is 6.07 Å². The molecular formula is C17H32BN2O4P. The fraction of sp³-hybridized carbons (Fsp3) is 0.941. The van der Waals surface area contributed by atoms with E-state index in [0.29, 0.717) is 38.3 Å². The lowest BCUT2D eigenvalue weighted by Crippen LogP contribution is -2.51. The van der Waals surface area contributed by atoms with E-state index >= 15 is 0 Å². The number of fused-ring (bicyclic) bond motifs is 2. The maximum atomic E-state index is 8.85. The zero-order valence-electron chi connectivity index (χ0n) is 16.4. The van der Waals surface area contributed by atoms with Crippen molar-refractivity contribution in [2.45, 2.75) is 77.3 Å². The molecule has 0 aromatic carbocycles. The normalized spacial score (nSPS) is 33.2. The highest BCUT2D eigenvalue weighted by atomic mass is 31.2. The van der Waals surface area contributed by atoms with Crippen LogP contribution in [0.3, 0.4) is 0 Å². The van der Waals surface area contributed by atoms with Gasteiger partial charge in [0, 0.05) is 24.0 Å². The van der Waals surface area contributed by atoms with Crippen LogP contribution in [0.15, 0.2) is 0 Å². The van der Waals surface area contributed by atoms with Crippen LogP contribution in [0.5, 0.6) is 0 Å². The van der Waals surface area contributed by atoms with Crippen molar-refractivity contribution in [2.75, 3.05) is 19.8 Å². The highest BCUT2D eigenvalue weighted by molar-refractivity contribution is 7.44. The summed E-state index contributed by atoms with van der Waals surface area (Å²) in [5.74, 6) is 0.222. The molecule has 5 atom stereocenters. The Kier molecular flexibility index (Phi) is 7.70. The van der Waals surface area contributed by atoms with E-state index in [2.05, 4.69) is 53.2 Å². The topological polar surface area (TPSA) is 64.0 Å². The van der Waals surface area contributed by atoms with Crippen LogP contribution in [0.4, 0.5) is 0 Å². The van der Waals surface area contributed by atoms with E-state index in [1.54, 1.807) is 0 Å². The maximum absolute atomic E-state index is 8.85. The predicted molar refractivity (Wildman–Crippen MR) is 101 cm³/mol. The van der Waals surface area contributed by atoms with Crippen molar-refractivity contribution in [3.63, 3.8) is 0 Å². The van der Waals surface area contributed by atoms with Crippen molar-refractivity contribution in [3.05, 3.63) is 0 Å². The van der Waals surface area contributed by atoms with E-state index in [-0.39, 0.29) is 23.6 Å². The molecule has 2 fully saturated rings. The zero-order chi connectivity index (χ0) is 18.6. The smallest absolute Gasteiger partial charge is 0.259 e. The molecule has 0 aromatic rings. The van der Waals surface area contributed by atoms with Gasteiger partial charge in [-0.05, 0) is 34.1 Å². The number of nitrogens with zero attached hydrogens (tertiary/aromatic N) is 2. The summed E-state index contributed by atoms with van der Waals surface area (Å²) >= 11 is 0. The van der Waals surface area contributed by atoms with E-state index in [0.717, 1.165) is 6.42 Å². The van der Waals surface area contributed by atoms with Crippen LogP contribution >= 0.6 is 8.53 Å². The summed E-state index contributed by atoms with van der Waals surface area (Å²) in [4.78, 5) is 0. The SMILES string of the molecule is B[C@@H]1O[C@@]2(CC)COC[C@H]1C2OP(OCCC#N)N(C(C)C)C(C)C. The van der Waals surface area contributed by atoms with Crippen molar-refractivity contribution in [2.24, 2.45) is 5.92 Å². The molecule has 6 nitrogen and oxygen atoms in total. The Bertz CT molecular complexity index is 468. The predicted octanol–water partition coefficient (Wildman–Crippen LogP) is 2.43. The summed E-state index contributed by atoms with van der Waals surface area (Å²) in [6.45, 7) is 12.4. The molecule has 2 unspecified atom stereocenters. The number of rotatable bonds is 9. The van der Waals surface area contributed by atoms with Gasteiger partial charge in [-0.1, -0.05) is 6.92 Å². The largest absolute Gasteiger partial charge is 0.378 e. The zero-order valence-corrected chi connectivity index (χ0v) is 17.3. The molecule has 0 aliphatic carbocycles. The van der Waals surface area contributed by atoms with Crippen LogP contribution < -0.4 is 0 Å². The van der Waals surface area contributed by atoms with Gasteiger partial charge in [0.1, 0.15) is 19.6 Å². The Balaban J connectivity index is 2.21. The van der Waals surface area contributed by atoms with Crippen molar-refractivity contribution in [1.82, 2.24) is 4.67 Å². The van der Waals surface area contributed by atoms with Crippen LogP contribution in [-0.2, 0) is 18.5 Å². The van der Waals surface area contributed by atoms with Crippen molar-refractivity contribution >= 4 is 16.4 Å². The molecule has 142 valence electrons. The van der Waals surface area contributed by atoms with Gasteiger partial charge in [0.05, 0.1) is 32.3 Å². The molecule has 0 N–H and O–H groups in total. The molecule has 2 saturated heterocycles. The van der Waals surface area contributed by atoms with Gasteiger partial charge in [-0.15, -0.1) is 0 Å². The van der Waals surface area contributed by atoms with Gasteiger partial charge in [-0.25, -0.2) is 4.67 Å². The maximum Gasteiger partial charge on any atom is 0.259 e. The first-order valence-corrected chi connectivity index (χ1v) is 10.5. The molecule has 2 aliphatic rings. The van der Waals surface area contributed by atoms with Crippen LogP contribution in [0.1, 0.15) is 47.5 Å². The average molecular weight is 370 g/mol. The quantitative estimate of drug-likeness (QED) is 0.353. The molecule has 0 spiro atoms. The van der Waals surface area contributed by atoms with Gasteiger partial charge in [0.2, 0.25) is 0 Å². The fourth-order valence-corrected chi connectivity index (χ4v) is 5.67. The molecule has 0 saturated carbocycles. The van der Waals surface area contributed by atoms with E-state index < -0.39 is 8.53 Å². The van der Waals surface area contributed by atoms with E-state index in [4.69, 9.17) is 23.8 Å². The van der Waals surface area contributed by atoms with Gasteiger partial charge < -0.3 is 18.5 Å². The van der Waals surface area contributed by atoms with E-state index in [9.17, 15) is 0 Å².